The van der Waals surface area contributed by atoms with Gasteiger partial charge in [-0.2, -0.15) is 4.37 Å². The number of pyridine rings is 1. The molecule has 0 bridgehead atoms. The van der Waals surface area contributed by atoms with E-state index in [1.807, 2.05) is 11.0 Å². The van der Waals surface area contributed by atoms with Crippen molar-refractivity contribution in [3.05, 3.63) is 23.9 Å². The molecular formula is C13H16N6O3S. The van der Waals surface area contributed by atoms with Crippen molar-refractivity contribution in [3.63, 3.8) is 0 Å². The van der Waals surface area contributed by atoms with Gasteiger partial charge in [-0.05, 0) is 17.7 Å². The highest BCUT2D eigenvalue weighted by molar-refractivity contribution is 6.99. The van der Waals surface area contributed by atoms with E-state index < -0.39 is 6.09 Å². The first-order valence-electron chi connectivity index (χ1n) is 7.02. The Kier molecular flexibility index (Phi) is 4.42. The van der Waals surface area contributed by atoms with Gasteiger partial charge in [0.05, 0.1) is 11.7 Å². The van der Waals surface area contributed by atoms with Crippen LogP contribution in [0.25, 0.3) is 0 Å². The third-order valence-corrected chi connectivity index (χ3v) is 4.02. The third kappa shape index (κ3) is 3.59. The Morgan fingerprint density at radius 3 is 2.83 bits per heavy atom. The number of hydrogen-bond donors (Lipinski definition) is 2. The first kappa shape index (κ1) is 15.3. The minimum absolute atomic E-state index is 0.320. The first-order chi connectivity index (χ1) is 11.1. The number of aromatic nitrogens is 3. The Hall–Kier alpha value is -2.62. The average molecular weight is 336 g/mol. The normalized spacial score (nSPS) is 14.8. The molecular weight excluding hydrogens is 320 g/mol. The van der Waals surface area contributed by atoms with Gasteiger partial charge in [0.25, 0.3) is 5.88 Å². The number of rotatable bonds is 4. The number of carbonyl (C=O) groups is 1. The molecule has 0 unspecified atom stereocenters. The van der Waals surface area contributed by atoms with E-state index in [9.17, 15) is 4.79 Å². The van der Waals surface area contributed by atoms with Crippen LogP contribution in [0, 0.1) is 0 Å². The fourth-order valence-corrected chi connectivity index (χ4v) is 2.83. The molecule has 1 aliphatic rings. The zero-order chi connectivity index (χ0) is 16.2. The highest BCUT2D eigenvalue weighted by Gasteiger charge is 2.24. The number of nitrogen functional groups attached to an aromatic ring is 1. The predicted octanol–water partition coefficient (Wildman–Crippen LogP) is 0.894. The van der Waals surface area contributed by atoms with Crippen molar-refractivity contribution in [1.29, 1.82) is 0 Å². The van der Waals surface area contributed by atoms with Crippen molar-refractivity contribution in [2.45, 2.75) is 6.61 Å². The van der Waals surface area contributed by atoms with Gasteiger partial charge in [-0.25, -0.2) is 9.78 Å². The molecule has 1 saturated heterocycles. The molecule has 3 heterocycles. The molecule has 10 heteroatoms. The summed E-state index contributed by atoms with van der Waals surface area (Å²) in [6.45, 7) is 2.33. The largest absolute Gasteiger partial charge is 0.470 e. The summed E-state index contributed by atoms with van der Waals surface area (Å²) in [5, 5.41) is 8.98. The quantitative estimate of drug-likeness (QED) is 0.845. The number of carboxylic acid groups (broad SMARTS) is 1. The van der Waals surface area contributed by atoms with Crippen molar-refractivity contribution < 1.29 is 14.6 Å². The second-order valence-corrected chi connectivity index (χ2v) is 5.56. The van der Waals surface area contributed by atoms with Gasteiger partial charge in [0, 0.05) is 32.4 Å². The van der Waals surface area contributed by atoms with Crippen LogP contribution < -0.4 is 15.4 Å². The zero-order valence-corrected chi connectivity index (χ0v) is 13.1. The smallest absolute Gasteiger partial charge is 0.407 e. The predicted molar refractivity (Wildman–Crippen MR) is 84.7 cm³/mol. The monoisotopic (exact) mass is 336 g/mol. The summed E-state index contributed by atoms with van der Waals surface area (Å²) < 4.78 is 14.2. The van der Waals surface area contributed by atoms with Crippen molar-refractivity contribution in [2.75, 3.05) is 36.8 Å². The molecule has 122 valence electrons. The fraction of sp³-hybridized carbons (Fsp3) is 0.385. The molecule has 0 atom stereocenters. The van der Waals surface area contributed by atoms with Gasteiger partial charge < -0.3 is 25.4 Å². The van der Waals surface area contributed by atoms with Crippen molar-refractivity contribution >= 4 is 29.5 Å². The molecule has 9 nitrogen and oxygen atoms in total. The maximum atomic E-state index is 10.9. The van der Waals surface area contributed by atoms with Crippen LogP contribution in [0.5, 0.6) is 5.88 Å². The summed E-state index contributed by atoms with van der Waals surface area (Å²) in [6.07, 6.45) is 0.729. The molecule has 0 aromatic carbocycles. The van der Waals surface area contributed by atoms with E-state index in [4.69, 9.17) is 15.6 Å². The first-order valence-corrected chi connectivity index (χ1v) is 7.75. The molecule has 0 radical (unpaired) electrons. The molecule has 0 spiro atoms. The summed E-state index contributed by atoms with van der Waals surface area (Å²) in [7, 11) is 0. The summed E-state index contributed by atoms with van der Waals surface area (Å²) in [5.74, 6) is 1.55. The SMILES string of the molecule is Nc1cc(COc2nsnc2N2CCN(C(=O)O)CC2)ccn1. The number of nitrogens with zero attached hydrogens (tertiary/aromatic N) is 5. The lowest BCUT2D eigenvalue weighted by atomic mass is 10.3. The van der Waals surface area contributed by atoms with Crippen molar-refractivity contribution in [2.24, 2.45) is 0 Å². The number of piperazine rings is 1. The second-order valence-electron chi connectivity index (χ2n) is 5.03. The van der Waals surface area contributed by atoms with Gasteiger partial charge in [0.2, 0.25) is 5.82 Å². The summed E-state index contributed by atoms with van der Waals surface area (Å²) in [5.41, 5.74) is 6.53. The Bertz CT molecular complexity index is 686. The van der Waals surface area contributed by atoms with E-state index in [-0.39, 0.29) is 0 Å². The second kappa shape index (κ2) is 6.65. The van der Waals surface area contributed by atoms with Crippen LogP contribution >= 0.6 is 11.7 Å². The van der Waals surface area contributed by atoms with Crippen LogP contribution in [0.4, 0.5) is 16.4 Å². The minimum atomic E-state index is -0.896. The maximum Gasteiger partial charge on any atom is 0.407 e. The number of hydrogen-bond acceptors (Lipinski definition) is 8. The molecule has 2 aromatic rings. The van der Waals surface area contributed by atoms with Crippen molar-refractivity contribution in [3.8, 4) is 5.88 Å². The minimum Gasteiger partial charge on any atom is -0.470 e. The standard InChI is InChI=1S/C13H16N6O3S/c14-10-7-9(1-2-15-10)8-22-12-11(16-23-17-12)18-3-5-19(6-4-18)13(20)21/h1-2,7H,3-6,8H2,(H2,14,15)(H,20,21). The van der Waals surface area contributed by atoms with E-state index in [0.29, 0.717) is 50.3 Å². The lowest BCUT2D eigenvalue weighted by molar-refractivity contribution is 0.142. The van der Waals surface area contributed by atoms with E-state index in [0.717, 1.165) is 17.3 Å². The zero-order valence-electron chi connectivity index (χ0n) is 12.3. The summed E-state index contributed by atoms with van der Waals surface area (Å²) in [6, 6.07) is 3.56. The van der Waals surface area contributed by atoms with Crippen LogP contribution in [0.15, 0.2) is 18.3 Å². The topological polar surface area (TPSA) is 118 Å². The van der Waals surface area contributed by atoms with Gasteiger partial charge in [-0.15, -0.1) is 4.37 Å². The van der Waals surface area contributed by atoms with E-state index in [1.54, 1.807) is 12.3 Å². The summed E-state index contributed by atoms with van der Waals surface area (Å²) >= 11 is 1.07. The highest BCUT2D eigenvalue weighted by atomic mass is 32.1. The van der Waals surface area contributed by atoms with E-state index in [1.165, 1.54) is 4.90 Å². The molecule has 1 aliphatic heterocycles. The summed E-state index contributed by atoms with van der Waals surface area (Å²) in [4.78, 5) is 18.2. The molecule has 3 N–H and O–H groups in total. The van der Waals surface area contributed by atoms with Crippen molar-refractivity contribution in [1.82, 2.24) is 18.6 Å². The Balaban J connectivity index is 1.62. The highest BCUT2D eigenvalue weighted by Crippen LogP contribution is 2.27. The molecule has 0 saturated carbocycles. The lowest BCUT2D eigenvalue weighted by Crippen LogP contribution is -2.48. The molecule has 23 heavy (non-hydrogen) atoms. The van der Waals surface area contributed by atoms with Crippen LogP contribution in [0.3, 0.4) is 0 Å². The molecule has 2 aromatic heterocycles. The number of amides is 1. The number of nitrogens with two attached hydrogens (primary N) is 1. The molecule has 1 amide bonds. The van der Waals surface area contributed by atoms with E-state index >= 15 is 0 Å². The third-order valence-electron chi connectivity index (χ3n) is 3.51. The number of ether oxygens (including phenoxy) is 1. The van der Waals surface area contributed by atoms with E-state index in [2.05, 4.69) is 13.7 Å². The van der Waals surface area contributed by atoms with Crippen LogP contribution in [0.2, 0.25) is 0 Å². The Morgan fingerprint density at radius 2 is 2.13 bits per heavy atom. The van der Waals surface area contributed by atoms with Gasteiger partial charge in [-0.3, -0.25) is 0 Å². The molecule has 0 aliphatic carbocycles. The Morgan fingerprint density at radius 1 is 1.35 bits per heavy atom. The average Bonchev–Trinajstić information content (AvgIpc) is 3.01. The van der Waals surface area contributed by atoms with Crippen LogP contribution in [-0.2, 0) is 6.61 Å². The van der Waals surface area contributed by atoms with Gasteiger partial charge >= 0.3 is 6.09 Å². The maximum absolute atomic E-state index is 10.9. The number of anilines is 2. The molecule has 3 rings (SSSR count). The fourth-order valence-electron chi connectivity index (χ4n) is 2.31. The lowest BCUT2D eigenvalue weighted by Gasteiger charge is -2.33. The van der Waals surface area contributed by atoms with Crippen LogP contribution in [0.1, 0.15) is 5.56 Å². The van der Waals surface area contributed by atoms with Gasteiger partial charge in [-0.1, -0.05) is 0 Å². The van der Waals surface area contributed by atoms with Crippen LogP contribution in [-0.4, -0.2) is 56.0 Å². The van der Waals surface area contributed by atoms with Gasteiger partial charge in [0.1, 0.15) is 12.4 Å². The molecule has 1 fully saturated rings. The van der Waals surface area contributed by atoms with Gasteiger partial charge in [0.15, 0.2) is 0 Å². The Labute approximate surface area is 136 Å².